The molecule has 18 heteroatoms. The number of amides is 2. The number of nitrogen functional groups attached to an aromatic ring is 3. The average Bonchev–Trinajstić information content (AvgIpc) is 3.30. The van der Waals surface area contributed by atoms with Crippen LogP contribution in [0.3, 0.4) is 0 Å². The summed E-state index contributed by atoms with van der Waals surface area (Å²) in [6.45, 7) is 4.29. The second-order valence-corrected chi connectivity index (χ2v) is 10.7. The van der Waals surface area contributed by atoms with Crippen molar-refractivity contribution >= 4 is 75.4 Å². The van der Waals surface area contributed by atoms with Gasteiger partial charge in [-0.25, -0.2) is 4.57 Å². The lowest BCUT2D eigenvalue weighted by molar-refractivity contribution is -0.717. The van der Waals surface area contributed by atoms with E-state index in [-0.39, 0.29) is 46.5 Å². The minimum atomic E-state index is -1.48. The molecular formula is C20H24N10O5S3. The van der Waals surface area contributed by atoms with Crippen LogP contribution in [0.1, 0.15) is 19.7 Å². The van der Waals surface area contributed by atoms with Gasteiger partial charge >= 0.3 is 5.95 Å². The van der Waals surface area contributed by atoms with Crippen molar-refractivity contribution in [3.8, 4) is 0 Å². The molecule has 2 amide bonds. The fourth-order valence-electron chi connectivity index (χ4n) is 3.78. The molecule has 4 rings (SSSR count). The fraction of sp³-hybridized carbons (Fsp3) is 0.400. The highest BCUT2D eigenvalue weighted by Crippen LogP contribution is 2.41. The van der Waals surface area contributed by atoms with E-state index in [1.807, 2.05) is 6.92 Å². The van der Waals surface area contributed by atoms with Gasteiger partial charge in [0.05, 0.1) is 18.2 Å². The van der Waals surface area contributed by atoms with E-state index in [4.69, 9.17) is 22.0 Å². The number of anilines is 3. The van der Waals surface area contributed by atoms with Crippen LogP contribution in [-0.2, 0) is 25.8 Å². The van der Waals surface area contributed by atoms with Crippen molar-refractivity contribution in [2.45, 2.75) is 36.8 Å². The molecule has 2 aromatic heterocycles. The summed E-state index contributed by atoms with van der Waals surface area (Å²) in [6.07, 6.45) is 0. The molecule has 202 valence electrons. The molecule has 2 atom stereocenters. The van der Waals surface area contributed by atoms with Crippen molar-refractivity contribution in [2.75, 3.05) is 35.3 Å². The highest BCUT2D eigenvalue weighted by Gasteiger charge is 2.53. The summed E-state index contributed by atoms with van der Waals surface area (Å²) in [5.74, 6) is -1.87. The van der Waals surface area contributed by atoms with E-state index in [0.29, 0.717) is 22.9 Å². The van der Waals surface area contributed by atoms with Gasteiger partial charge in [-0.05, 0) is 19.4 Å². The van der Waals surface area contributed by atoms with Crippen LogP contribution >= 0.6 is 35.1 Å². The number of aliphatic carboxylic acids is 1. The van der Waals surface area contributed by atoms with Crippen LogP contribution in [-0.4, -0.2) is 72.3 Å². The number of carbonyl (C=O) groups is 3. The highest BCUT2D eigenvalue weighted by molar-refractivity contribution is 8.01. The molecule has 0 aromatic carbocycles. The Hall–Kier alpha value is -3.64. The lowest BCUT2D eigenvalue weighted by Crippen LogP contribution is -2.71. The standard InChI is InChI=1S/C20H24N10O5S3/c1-3-29-10(5-9(21)24-19(29)22)36-6-8-7-37-17-12(16(32)30(17)13(8)18(33)34)25-15(31)11(27-35-4-2)14-26-20(23)38-28-14/h5,12,17H,3-4,6-7H2,1-2H3,(H7,21,22,23,24,25,26,28,31,33,34)/b27-11-/t12-,17-/m1/s1. The lowest BCUT2D eigenvalue weighted by atomic mass is 10.0. The second-order valence-electron chi connectivity index (χ2n) is 7.82. The number of fused-ring (bicyclic) bond motifs is 1. The van der Waals surface area contributed by atoms with Gasteiger partial charge in [-0.15, -0.1) is 11.8 Å². The topological polar surface area (TPSA) is 232 Å². The number of hydrogen-bond acceptors (Lipinski definition) is 15. The zero-order valence-corrected chi connectivity index (χ0v) is 22.7. The van der Waals surface area contributed by atoms with Gasteiger partial charge in [-0.1, -0.05) is 21.9 Å². The fourth-order valence-corrected chi connectivity index (χ4v) is 6.83. The van der Waals surface area contributed by atoms with Crippen molar-refractivity contribution in [1.82, 2.24) is 24.6 Å². The number of nitrogens with one attached hydrogen (secondary N) is 1. The van der Waals surface area contributed by atoms with Gasteiger partial charge in [-0.2, -0.15) is 9.36 Å². The van der Waals surface area contributed by atoms with Crippen LogP contribution in [0.4, 0.5) is 16.9 Å². The normalized spacial score (nSPS) is 19.2. The predicted octanol–water partition coefficient (Wildman–Crippen LogP) is -2.08. The summed E-state index contributed by atoms with van der Waals surface area (Å²) in [5.41, 5.74) is 17.4. The summed E-state index contributed by atoms with van der Waals surface area (Å²) < 4.78 is 5.71. The number of thioether (sulfide) groups is 2. The molecule has 0 spiro atoms. The van der Waals surface area contributed by atoms with E-state index in [2.05, 4.69) is 24.8 Å². The SMILES string of the molecule is CCO/N=C(\C(=O)N[C@@H]1C(=O)N2C(C(=O)[O-])=C(CSc3cc(N)nc(N)[n+]3CC)CS[C@H]12)c1nsc(N)n1. The van der Waals surface area contributed by atoms with E-state index in [1.165, 1.54) is 23.5 Å². The van der Waals surface area contributed by atoms with Crippen LogP contribution in [0.25, 0.3) is 0 Å². The summed E-state index contributed by atoms with van der Waals surface area (Å²) >= 11 is 3.51. The van der Waals surface area contributed by atoms with E-state index < -0.39 is 29.2 Å². The van der Waals surface area contributed by atoms with E-state index in [9.17, 15) is 19.5 Å². The number of aromatic nitrogens is 4. The zero-order chi connectivity index (χ0) is 27.6. The number of nitrogens with zero attached hydrogens (tertiary/aromatic N) is 6. The molecule has 7 N–H and O–H groups in total. The molecule has 1 fully saturated rings. The van der Waals surface area contributed by atoms with Gasteiger partial charge in [0, 0.05) is 29.1 Å². The third-order valence-corrected chi connectivity index (χ3v) is 8.46. The molecule has 38 heavy (non-hydrogen) atoms. The van der Waals surface area contributed by atoms with Crippen molar-refractivity contribution in [1.29, 1.82) is 0 Å². The number of oxime groups is 1. The van der Waals surface area contributed by atoms with Crippen LogP contribution in [0.15, 0.2) is 27.5 Å². The van der Waals surface area contributed by atoms with Gasteiger partial charge in [0.1, 0.15) is 23.0 Å². The van der Waals surface area contributed by atoms with Gasteiger partial charge in [0.25, 0.3) is 11.8 Å². The first kappa shape index (κ1) is 27.4. The number of rotatable bonds is 10. The lowest BCUT2D eigenvalue weighted by Gasteiger charge is -2.50. The van der Waals surface area contributed by atoms with Gasteiger partial charge < -0.3 is 31.5 Å². The number of carboxylic acid groups (broad SMARTS) is 1. The Kier molecular flexibility index (Phi) is 8.22. The smallest absolute Gasteiger partial charge is 0.392 e. The number of carbonyl (C=O) groups excluding carboxylic acids is 3. The van der Waals surface area contributed by atoms with Gasteiger partial charge in [0.2, 0.25) is 17.4 Å². The molecule has 0 radical (unpaired) electrons. The zero-order valence-electron chi connectivity index (χ0n) is 20.2. The Balaban J connectivity index is 1.52. The van der Waals surface area contributed by atoms with Gasteiger partial charge in [-0.3, -0.25) is 20.2 Å². The third kappa shape index (κ3) is 5.32. The average molecular weight is 581 g/mol. The second kappa shape index (κ2) is 11.4. The van der Waals surface area contributed by atoms with Crippen LogP contribution in [0.2, 0.25) is 0 Å². The molecule has 0 unspecified atom stereocenters. The first-order valence-electron chi connectivity index (χ1n) is 11.2. The molecule has 0 bridgehead atoms. The molecule has 0 aliphatic carbocycles. The molecule has 2 aliphatic heterocycles. The number of nitrogens with two attached hydrogens (primary N) is 3. The number of carboxylic acids is 1. The monoisotopic (exact) mass is 580 g/mol. The largest absolute Gasteiger partial charge is 0.543 e. The number of β-lactam (4-membered cyclic amide) rings is 1. The minimum absolute atomic E-state index is 0.0466. The Labute approximate surface area is 229 Å². The third-order valence-electron chi connectivity index (χ3n) is 5.45. The summed E-state index contributed by atoms with van der Waals surface area (Å²) in [5, 5.41) is 18.6. The Morgan fingerprint density at radius 3 is 2.74 bits per heavy atom. The minimum Gasteiger partial charge on any atom is -0.543 e. The molecule has 0 saturated carbocycles. The maximum absolute atomic E-state index is 13.0. The summed E-state index contributed by atoms with van der Waals surface area (Å²) in [7, 11) is 0. The Morgan fingerprint density at radius 1 is 1.34 bits per heavy atom. The molecule has 2 aromatic rings. The van der Waals surface area contributed by atoms with Crippen molar-refractivity contribution in [3.63, 3.8) is 0 Å². The van der Waals surface area contributed by atoms with Crippen LogP contribution in [0.5, 0.6) is 0 Å². The Bertz CT molecular complexity index is 1350. The molecule has 15 nitrogen and oxygen atoms in total. The van der Waals surface area contributed by atoms with Crippen molar-refractivity contribution < 1.29 is 28.9 Å². The van der Waals surface area contributed by atoms with Crippen molar-refractivity contribution in [2.24, 2.45) is 5.16 Å². The molecule has 2 aliphatic rings. The van der Waals surface area contributed by atoms with Crippen molar-refractivity contribution in [3.05, 3.63) is 23.2 Å². The molecule has 1 saturated heterocycles. The summed E-state index contributed by atoms with van der Waals surface area (Å²) in [6, 6.07) is 0.649. The number of hydrogen-bond donors (Lipinski definition) is 4. The van der Waals surface area contributed by atoms with Crippen LogP contribution in [0, 0.1) is 0 Å². The predicted molar refractivity (Wildman–Crippen MR) is 139 cm³/mol. The highest BCUT2D eigenvalue weighted by atomic mass is 32.2. The maximum Gasteiger partial charge on any atom is 0.392 e. The summed E-state index contributed by atoms with van der Waals surface area (Å²) in [4.78, 5) is 52.2. The first-order chi connectivity index (χ1) is 18.2. The van der Waals surface area contributed by atoms with E-state index in [0.717, 1.165) is 16.4 Å². The Morgan fingerprint density at radius 2 is 2.11 bits per heavy atom. The quantitative estimate of drug-likeness (QED) is 0.0591. The van der Waals surface area contributed by atoms with E-state index >= 15 is 0 Å². The van der Waals surface area contributed by atoms with E-state index in [1.54, 1.807) is 17.6 Å². The maximum atomic E-state index is 13.0. The van der Waals surface area contributed by atoms with Gasteiger partial charge in [0.15, 0.2) is 5.13 Å². The molecular weight excluding hydrogens is 556 g/mol. The first-order valence-corrected chi connectivity index (χ1v) is 14.0. The molecule has 4 heterocycles. The van der Waals surface area contributed by atoms with Crippen LogP contribution < -0.4 is 32.2 Å².